The number of carbonyl (C=O) groups excluding carboxylic acids is 1. The molecule has 1 aliphatic heterocycles. The molecule has 1 atom stereocenters. The summed E-state index contributed by atoms with van der Waals surface area (Å²) in [4.78, 5) is 24.6. The molecule has 1 aromatic carbocycles. The summed E-state index contributed by atoms with van der Waals surface area (Å²) in [5, 5.41) is 8.68. The molecule has 1 amide bonds. The number of benzene rings is 1. The topological polar surface area (TPSA) is 66.8 Å². The van der Waals surface area contributed by atoms with E-state index in [4.69, 9.17) is 9.84 Å². The van der Waals surface area contributed by atoms with Crippen molar-refractivity contribution in [2.45, 2.75) is 25.9 Å². The van der Waals surface area contributed by atoms with Gasteiger partial charge in [0.05, 0.1) is 6.61 Å². The molecule has 0 aliphatic carbocycles. The molecular weight excluding hydrogens is 246 g/mol. The van der Waals surface area contributed by atoms with Crippen molar-refractivity contribution >= 4 is 17.6 Å². The predicted octanol–water partition coefficient (Wildman–Crippen LogP) is 1.59. The first-order valence-corrected chi connectivity index (χ1v) is 6.30. The Bertz CT molecular complexity index is 486. The summed E-state index contributed by atoms with van der Waals surface area (Å²) >= 11 is 0. The van der Waals surface area contributed by atoms with Crippen molar-refractivity contribution in [3.8, 4) is 0 Å². The van der Waals surface area contributed by atoms with E-state index in [0.29, 0.717) is 13.2 Å². The van der Waals surface area contributed by atoms with Gasteiger partial charge in [-0.15, -0.1) is 0 Å². The van der Waals surface area contributed by atoms with Gasteiger partial charge < -0.3 is 14.7 Å². The summed E-state index contributed by atoms with van der Waals surface area (Å²) in [6, 6.07) is 7.65. The molecule has 1 aromatic rings. The molecule has 1 unspecified atom stereocenters. The minimum absolute atomic E-state index is 0.0575. The van der Waals surface area contributed by atoms with E-state index in [1.807, 2.05) is 31.2 Å². The average molecular weight is 263 g/mol. The largest absolute Gasteiger partial charge is 0.481 e. The Morgan fingerprint density at radius 2 is 2.21 bits per heavy atom. The average Bonchev–Trinajstić information content (AvgIpc) is 2.38. The minimum atomic E-state index is -0.913. The molecular formula is C14H17NO4. The predicted molar refractivity (Wildman–Crippen MR) is 70.1 cm³/mol. The van der Waals surface area contributed by atoms with E-state index in [0.717, 1.165) is 11.3 Å². The molecule has 0 radical (unpaired) electrons. The van der Waals surface area contributed by atoms with Gasteiger partial charge in [0.1, 0.15) is 6.10 Å². The molecule has 0 bridgehead atoms. The first-order valence-electron chi connectivity index (χ1n) is 6.30. The van der Waals surface area contributed by atoms with Crippen LogP contribution >= 0.6 is 0 Å². The summed E-state index contributed by atoms with van der Waals surface area (Å²) in [6.45, 7) is 2.89. The molecule has 1 aliphatic rings. The van der Waals surface area contributed by atoms with Crippen molar-refractivity contribution in [2.24, 2.45) is 0 Å². The highest BCUT2D eigenvalue weighted by molar-refractivity contribution is 5.98. The number of carboxylic acid groups (broad SMARTS) is 1. The van der Waals surface area contributed by atoms with Crippen LogP contribution in [0.5, 0.6) is 0 Å². The van der Waals surface area contributed by atoms with Gasteiger partial charge >= 0.3 is 5.97 Å². The van der Waals surface area contributed by atoms with Crippen LogP contribution in [0.25, 0.3) is 0 Å². The number of carboxylic acids is 1. The van der Waals surface area contributed by atoms with Gasteiger partial charge in [0, 0.05) is 18.7 Å². The Hall–Kier alpha value is -1.88. The number of amides is 1. The van der Waals surface area contributed by atoms with E-state index in [1.165, 1.54) is 0 Å². The number of hydrogen-bond donors (Lipinski definition) is 1. The number of aryl methyl sites for hydroxylation is 1. The number of nitrogens with zero attached hydrogens (tertiary/aromatic N) is 1. The van der Waals surface area contributed by atoms with Crippen LogP contribution in [0.3, 0.4) is 0 Å². The fourth-order valence-electron chi connectivity index (χ4n) is 2.21. The number of morpholine rings is 1. The van der Waals surface area contributed by atoms with Crippen LogP contribution in [0.1, 0.15) is 18.4 Å². The van der Waals surface area contributed by atoms with Crippen molar-refractivity contribution in [3.63, 3.8) is 0 Å². The lowest BCUT2D eigenvalue weighted by molar-refractivity contribution is -0.140. The van der Waals surface area contributed by atoms with Crippen LogP contribution in [-0.4, -0.2) is 36.2 Å². The molecule has 0 aromatic heterocycles. The number of aliphatic carboxylic acids is 1. The zero-order chi connectivity index (χ0) is 13.8. The summed E-state index contributed by atoms with van der Waals surface area (Å²) in [5.74, 6) is -1.06. The van der Waals surface area contributed by atoms with Gasteiger partial charge in [-0.2, -0.15) is 0 Å². The number of rotatable bonds is 4. The van der Waals surface area contributed by atoms with E-state index in [9.17, 15) is 9.59 Å². The highest BCUT2D eigenvalue weighted by atomic mass is 16.5. The molecule has 2 rings (SSSR count). The Morgan fingerprint density at radius 1 is 1.47 bits per heavy atom. The van der Waals surface area contributed by atoms with Crippen LogP contribution in [0, 0.1) is 6.92 Å². The Balaban J connectivity index is 2.12. The molecule has 102 valence electrons. The smallest absolute Gasteiger partial charge is 0.303 e. The highest BCUT2D eigenvalue weighted by Gasteiger charge is 2.31. The van der Waals surface area contributed by atoms with E-state index in [-0.39, 0.29) is 18.7 Å². The van der Waals surface area contributed by atoms with Crippen molar-refractivity contribution in [3.05, 3.63) is 29.8 Å². The second kappa shape index (κ2) is 5.84. The molecule has 19 heavy (non-hydrogen) atoms. The first-order chi connectivity index (χ1) is 9.09. The van der Waals surface area contributed by atoms with Gasteiger partial charge in [-0.25, -0.2) is 0 Å². The normalized spacial score (nSPS) is 19.5. The summed E-state index contributed by atoms with van der Waals surface area (Å²) in [5.41, 5.74) is 1.89. The maximum Gasteiger partial charge on any atom is 0.303 e. The zero-order valence-electron chi connectivity index (χ0n) is 10.8. The fourth-order valence-corrected chi connectivity index (χ4v) is 2.21. The molecule has 0 spiro atoms. The summed E-state index contributed by atoms with van der Waals surface area (Å²) < 4.78 is 5.38. The molecule has 5 nitrogen and oxygen atoms in total. The number of ether oxygens (including phenoxy) is 1. The van der Waals surface area contributed by atoms with Crippen molar-refractivity contribution in [1.29, 1.82) is 0 Å². The van der Waals surface area contributed by atoms with E-state index in [2.05, 4.69) is 0 Å². The number of carbonyl (C=O) groups is 2. The number of hydrogen-bond acceptors (Lipinski definition) is 3. The van der Waals surface area contributed by atoms with Gasteiger partial charge in [0.2, 0.25) is 0 Å². The van der Waals surface area contributed by atoms with E-state index < -0.39 is 12.1 Å². The highest BCUT2D eigenvalue weighted by Crippen LogP contribution is 2.23. The maximum absolute atomic E-state index is 12.3. The third-order valence-electron chi connectivity index (χ3n) is 3.20. The number of para-hydroxylation sites is 1. The Morgan fingerprint density at radius 3 is 2.89 bits per heavy atom. The van der Waals surface area contributed by atoms with Crippen LogP contribution in [0.4, 0.5) is 5.69 Å². The summed E-state index contributed by atoms with van der Waals surface area (Å²) in [6.07, 6.45) is -0.487. The van der Waals surface area contributed by atoms with Crippen LogP contribution in [0.2, 0.25) is 0 Å². The second-order valence-electron chi connectivity index (χ2n) is 4.57. The van der Waals surface area contributed by atoms with Crippen molar-refractivity contribution in [2.75, 3.05) is 18.1 Å². The lowest BCUT2D eigenvalue weighted by Crippen LogP contribution is -2.48. The van der Waals surface area contributed by atoms with Crippen molar-refractivity contribution in [1.82, 2.24) is 0 Å². The third-order valence-corrected chi connectivity index (χ3v) is 3.20. The Labute approximate surface area is 111 Å². The molecule has 1 N–H and O–H groups in total. The lowest BCUT2D eigenvalue weighted by atomic mass is 10.1. The van der Waals surface area contributed by atoms with Gasteiger partial charge in [-0.05, 0) is 25.0 Å². The van der Waals surface area contributed by atoms with Crippen LogP contribution in [-0.2, 0) is 14.3 Å². The lowest BCUT2D eigenvalue weighted by Gasteiger charge is -2.33. The summed E-state index contributed by atoms with van der Waals surface area (Å²) in [7, 11) is 0. The van der Waals surface area contributed by atoms with Crippen LogP contribution in [0.15, 0.2) is 24.3 Å². The Kier molecular flexibility index (Phi) is 4.16. The third kappa shape index (κ3) is 3.12. The van der Waals surface area contributed by atoms with Gasteiger partial charge in [-0.3, -0.25) is 9.59 Å². The maximum atomic E-state index is 12.3. The van der Waals surface area contributed by atoms with E-state index in [1.54, 1.807) is 4.90 Å². The molecule has 5 heteroatoms. The second-order valence-corrected chi connectivity index (χ2v) is 4.57. The molecule has 1 fully saturated rings. The van der Waals surface area contributed by atoms with Gasteiger partial charge in [0.15, 0.2) is 0 Å². The number of anilines is 1. The van der Waals surface area contributed by atoms with Crippen molar-refractivity contribution < 1.29 is 19.4 Å². The molecule has 1 heterocycles. The molecule has 0 saturated carbocycles. The minimum Gasteiger partial charge on any atom is -0.481 e. The quantitative estimate of drug-likeness (QED) is 0.895. The standard InChI is InChI=1S/C14H17NO4/c1-10-4-2-3-5-11(10)15-8-9-19-12(14(15)18)6-7-13(16)17/h2-5,12H,6-9H2,1H3,(H,16,17). The van der Waals surface area contributed by atoms with E-state index >= 15 is 0 Å². The monoisotopic (exact) mass is 263 g/mol. The van der Waals surface area contributed by atoms with Gasteiger partial charge in [0.25, 0.3) is 5.91 Å². The fraction of sp³-hybridized carbons (Fsp3) is 0.429. The van der Waals surface area contributed by atoms with Gasteiger partial charge in [-0.1, -0.05) is 18.2 Å². The zero-order valence-corrected chi connectivity index (χ0v) is 10.8. The first kappa shape index (κ1) is 13.5. The van der Waals surface area contributed by atoms with Crippen LogP contribution < -0.4 is 4.90 Å². The molecule has 1 saturated heterocycles. The SMILES string of the molecule is Cc1ccccc1N1CCOC(CCC(=O)O)C1=O.